The smallest absolute Gasteiger partial charge is 0.327 e. The molecule has 5 rings (SSSR count). The highest BCUT2D eigenvalue weighted by atomic mass is 35.5. The highest BCUT2D eigenvalue weighted by molar-refractivity contribution is 7.90. The molecule has 0 aromatic heterocycles. The average molecular weight is 525 g/mol. The molecule has 36 heavy (non-hydrogen) atoms. The third-order valence-corrected chi connectivity index (χ3v) is 7.85. The van der Waals surface area contributed by atoms with E-state index in [2.05, 4.69) is 28.8 Å². The quantitative estimate of drug-likeness (QED) is 0.521. The van der Waals surface area contributed by atoms with Crippen molar-refractivity contribution in [3.63, 3.8) is 0 Å². The van der Waals surface area contributed by atoms with E-state index in [9.17, 15) is 13.2 Å². The maximum absolute atomic E-state index is 13.4. The van der Waals surface area contributed by atoms with Crippen LogP contribution in [0.25, 0.3) is 0 Å². The molecule has 0 saturated carbocycles. The number of nitrogens with one attached hydrogen (secondary N) is 2. The molecule has 2 aliphatic rings. The molecular weight excluding hydrogens is 496 g/mol. The number of aliphatic imine (C=N–C) groups is 1. The second-order valence-corrected chi connectivity index (χ2v) is 11.6. The molecule has 0 bridgehead atoms. The van der Waals surface area contributed by atoms with Crippen LogP contribution in [0.2, 0.25) is 0 Å². The lowest BCUT2D eigenvalue weighted by Gasteiger charge is -2.40. The van der Waals surface area contributed by atoms with E-state index in [1.54, 1.807) is 12.1 Å². The molecule has 3 aromatic rings. The lowest BCUT2D eigenvalue weighted by molar-refractivity contribution is 0.241. The topological polar surface area (TPSA) is 90.9 Å². The molecule has 3 aromatic carbocycles. The number of amides is 2. The van der Waals surface area contributed by atoms with Gasteiger partial charge in [0.1, 0.15) is 5.84 Å². The van der Waals surface area contributed by atoms with Crippen LogP contribution in [0.15, 0.2) is 88.8 Å². The van der Waals surface area contributed by atoms with Crippen molar-refractivity contribution < 1.29 is 13.2 Å². The SMILES string of the molecule is Cc1ccc(S(=O)(=O)NC(=O)NC2(c3ccccc3)C3=NCC(C)(C)CN3c3ccccc32)cc1.Cl. The number of sulfonamides is 1. The molecule has 0 radical (unpaired) electrons. The van der Waals surface area contributed by atoms with Crippen LogP contribution in [0.1, 0.15) is 30.5 Å². The third kappa shape index (κ3) is 4.35. The molecule has 9 heteroatoms. The summed E-state index contributed by atoms with van der Waals surface area (Å²) in [5.41, 5.74) is 2.34. The van der Waals surface area contributed by atoms with Crippen LogP contribution in [0.5, 0.6) is 0 Å². The van der Waals surface area contributed by atoms with Crippen molar-refractivity contribution in [1.29, 1.82) is 0 Å². The van der Waals surface area contributed by atoms with E-state index in [1.165, 1.54) is 12.1 Å². The highest BCUT2D eigenvalue weighted by Gasteiger charge is 2.53. The third-order valence-electron chi connectivity index (χ3n) is 6.50. The van der Waals surface area contributed by atoms with Crippen LogP contribution < -0.4 is 14.9 Å². The Kier molecular flexibility index (Phi) is 6.62. The molecule has 7 nitrogen and oxygen atoms in total. The monoisotopic (exact) mass is 524 g/mol. The maximum Gasteiger partial charge on any atom is 0.330 e. The fourth-order valence-electron chi connectivity index (χ4n) is 4.86. The Morgan fingerprint density at radius 1 is 0.944 bits per heavy atom. The van der Waals surface area contributed by atoms with E-state index in [0.717, 1.165) is 28.9 Å². The van der Waals surface area contributed by atoms with Gasteiger partial charge in [-0.15, -0.1) is 12.4 Å². The first kappa shape index (κ1) is 25.7. The first-order valence-corrected chi connectivity index (χ1v) is 13.0. The van der Waals surface area contributed by atoms with Crippen LogP contribution in [-0.4, -0.2) is 33.4 Å². The number of carbonyl (C=O) groups is 1. The van der Waals surface area contributed by atoms with Crippen molar-refractivity contribution in [3.05, 3.63) is 95.6 Å². The van der Waals surface area contributed by atoms with Crippen molar-refractivity contribution in [2.45, 2.75) is 31.2 Å². The fraction of sp³-hybridized carbons (Fsp3) is 0.259. The van der Waals surface area contributed by atoms with Gasteiger partial charge in [-0.05, 0) is 30.7 Å². The zero-order chi connectivity index (χ0) is 24.8. The summed E-state index contributed by atoms with van der Waals surface area (Å²) in [6, 6.07) is 23.0. The maximum atomic E-state index is 13.4. The Morgan fingerprint density at radius 3 is 2.28 bits per heavy atom. The van der Waals surface area contributed by atoms with Gasteiger partial charge in [-0.25, -0.2) is 17.9 Å². The van der Waals surface area contributed by atoms with Crippen molar-refractivity contribution >= 4 is 40.0 Å². The lowest BCUT2D eigenvalue weighted by Crippen LogP contribution is -2.59. The van der Waals surface area contributed by atoms with Gasteiger partial charge in [-0.2, -0.15) is 0 Å². The molecule has 0 aliphatic carbocycles. The normalized spacial score (nSPS) is 19.9. The van der Waals surface area contributed by atoms with Gasteiger partial charge in [0.25, 0.3) is 10.0 Å². The minimum Gasteiger partial charge on any atom is -0.327 e. The summed E-state index contributed by atoms with van der Waals surface area (Å²) in [5.74, 6) is 0.687. The predicted molar refractivity (Wildman–Crippen MR) is 144 cm³/mol. The Bertz CT molecular complexity index is 1420. The first-order valence-electron chi connectivity index (χ1n) is 11.5. The summed E-state index contributed by atoms with van der Waals surface area (Å²) in [5, 5.41) is 3.03. The molecule has 2 N–H and O–H groups in total. The number of fused-ring (bicyclic) bond motifs is 3. The van der Waals surface area contributed by atoms with Crippen molar-refractivity contribution in [3.8, 4) is 0 Å². The molecule has 0 fully saturated rings. The number of amidine groups is 1. The predicted octanol–water partition coefficient (Wildman–Crippen LogP) is 4.61. The van der Waals surface area contributed by atoms with Crippen molar-refractivity contribution in [1.82, 2.24) is 10.0 Å². The van der Waals surface area contributed by atoms with Gasteiger partial charge in [0.05, 0.1) is 4.90 Å². The average Bonchev–Trinajstić information content (AvgIpc) is 3.08. The molecule has 1 atom stereocenters. The van der Waals surface area contributed by atoms with Gasteiger partial charge in [-0.3, -0.25) is 4.99 Å². The summed E-state index contributed by atoms with van der Waals surface area (Å²) < 4.78 is 28.1. The van der Waals surface area contributed by atoms with E-state index >= 15 is 0 Å². The zero-order valence-electron chi connectivity index (χ0n) is 20.4. The lowest BCUT2D eigenvalue weighted by atomic mass is 9.82. The number of anilines is 1. The van der Waals surface area contributed by atoms with Gasteiger partial charge in [0, 0.05) is 29.8 Å². The fourth-order valence-corrected chi connectivity index (χ4v) is 5.76. The van der Waals surface area contributed by atoms with Crippen LogP contribution in [0, 0.1) is 12.3 Å². The highest BCUT2D eigenvalue weighted by Crippen LogP contribution is 2.47. The van der Waals surface area contributed by atoms with E-state index in [4.69, 9.17) is 4.99 Å². The van der Waals surface area contributed by atoms with Crippen LogP contribution in [0.4, 0.5) is 10.5 Å². The number of para-hydroxylation sites is 1. The van der Waals surface area contributed by atoms with Gasteiger partial charge in [-0.1, -0.05) is 80.1 Å². The number of halogens is 1. The Hall–Kier alpha value is -3.36. The summed E-state index contributed by atoms with van der Waals surface area (Å²) >= 11 is 0. The number of carbonyl (C=O) groups excluding carboxylic acids is 1. The number of nitrogens with zero attached hydrogens (tertiary/aromatic N) is 2. The number of hydrogen-bond donors (Lipinski definition) is 2. The molecule has 2 aliphatic heterocycles. The van der Waals surface area contributed by atoms with Crippen LogP contribution >= 0.6 is 12.4 Å². The van der Waals surface area contributed by atoms with Gasteiger partial charge in [0.2, 0.25) is 0 Å². The standard InChI is InChI=1S/C27H28N4O3S.ClH/c1-19-13-15-21(16-14-19)35(33,34)30-25(32)29-27(20-9-5-4-6-10-20)22-11-7-8-12-23(22)31-18-26(2,3)17-28-24(27)31;/h4-16H,17-18H2,1-3H3,(H2,29,30,32);1H. The largest absolute Gasteiger partial charge is 0.330 e. The Labute approximate surface area is 218 Å². The molecule has 188 valence electrons. The summed E-state index contributed by atoms with van der Waals surface area (Å²) in [6.45, 7) is 7.50. The number of aryl methyl sites for hydroxylation is 1. The summed E-state index contributed by atoms with van der Waals surface area (Å²) in [6.07, 6.45) is 0. The van der Waals surface area contributed by atoms with Gasteiger partial charge < -0.3 is 10.2 Å². The van der Waals surface area contributed by atoms with Crippen molar-refractivity contribution in [2.24, 2.45) is 10.4 Å². The van der Waals surface area contributed by atoms with Crippen LogP contribution in [-0.2, 0) is 15.6 Å². The molecule has 0 saturated heterocycles. The minimum absolute atomic E-state index is 0. The first-order chi connectivity index (χ1) is 16.6. The van der Waals surface area contributed by atoms with Crippen molar-refractivity contribution in [2.75, 3.05) is 18.0 Å². The van der Waals surface area contributed by atoms with Gasteiger partial charge in [0.15, 0.2) is 5.54 Å². The number of rotatable bonds is 4. The van der Waals surface area contributed by atoms with Gasteiger partial charge >= 0.3 is 6.03 Å². The number of urea groups is 1. The second kappa shape index (κ2) is 9.26. The number of benzene rings is 3. The van der Waals surface area contributed by atoms with Crippen LogP contribution in [0.3, 0.4) is 0 Å². The number of hydrogen-bond acceptors (Lipinski definition) is 5. The molecule has 0 spiro atoms. The van der Waals surface area contributed by atoms with E-state index in [-0.39, 0.29) is 22.7 Å². The Balaban J connectivity index is 0.00000304. The van der Waals surface area contributed by atoms with E-state index < -0.39 is 21.6 Å². The summed E-state index contributed by atoms with van der Waals surface area (Å²) in [4.78, 5) is 20.5. The Morgan fingerprint density at radius 2 is 1.58 bits per heavy atom. The minimum atomic E-state index is -4.07. The zero-order valence-corrected chi connectivity index (χ0v) is 22.0. The summed E-state index contributed by atoms with van der Waals surface area (Å²) in [7, 11) is -4.07. The van der Waals surface area contributed by atoms with E-state index in [1.807, 2.05) is 61.5 Å². The van der Waals surface area contributed by atoms with E-state index in [0.29, 0.717) is 12.4 Å². The molecule has 2 amide bonds. The molecule has 1 unspecified atom stereocenters. The second-order valence-electron chi connectivity index (χ2n) is 9.90. The molecule has 2 heterocycles. The molecular formula is C27H29ClN4O3S.